The minimum Gasteiger partial charge on any atom is -0.362 e. The van der Waals surface area contributed by atoms with Crippen LogP contribution in [0.5, 0.6) is 0 Å². The molecule has 2 amide bonds. The molecule has 6 atom stereocenters. The van der Waals surface area contributed by atoms with Gasteiger partial charge in [-0.05, 0) is 62.5 Å². The van der Waals surface area contributed by atoms with Crippen LogP contribution in [-0.4, -0.2) is 23.5 Å². The third-order valence-corrected chi connectivity index (χ3v) is 7.92. The van der Waals surface area contributed by atoms with Gasteiger partial charge < -0.3 is 16.0 Å². The molecule has 3 N–H and O–H groups in total. The quantitative estimate of drug-likeness (QED) is 0.732. The molecule has 5 heteroatoms. The molecule has 1 aromatic carbocycles. The fraction of sp³-hybridized carbons (Fsp3) is 0.652. The van der Waals surface area contributed by atoms with E-state index in [1.807, 2.05) is 24.3 Å². The molecule has 4 aliphatic carbocycles. The van der Waals surface area contributed by atoms with Gasteiger partial charge in [0.2, 0.25) is 5.91 Å². The third-order valence-electron chi connectivity index (χ3n) is 7.92. The molecule has 0 aromatic heterocycles. The van der Waals surface area contributed by atoms with Crippen molar-refractivity contribution in [3.05, 3.63) is 29.8 Å². The highest BCUT2D eigenvalue weighted by molar-refractivity contribution is 6.02. The lowest BCUT2D eigenvalue weighted by Gasteiger charge is -2.56. The first kappa shape index (κ1) is 18.0. The number of rotatable bonds is 2. The second-order valence-electron chi connectivity index (χ2n) is 9.55. The van der Waals surface area contributed by atoms with E-state index in [2.05, 4.69) is 22.9 Å². The number of nitrogens with one attached hydrogen (secondary N) is 3. The van der Waals surface area contributed by atoms with Crippen LogP contribution < -0.4 is 16.0 Å². The molecule has 1 spiro atoms. The zero-order valence-corrected chi connectivity index (χ0v) is 16.7. The molecule has 150 valence electrons. The van der Waals surface area contributed by atoms with Crippen LogP contribution >= 0.6 is 0 Å². The van der Waals surface area contributed by atoms with E-state index in [0.29, 0.717) is 23.8 Å². The van der Waals surface area contributed by atoms with E-state index in [-0.39, 0.29) is 23.4 Å². The second kappa shape index (κ2) is 6.78. The Hall–Kier alpha value is -2.04. The van der Waals surface area contributed by atoms with Crippen molar-refractivity contribution in [2.24, 2.45) is 23.7 Å². The number of fused-ring (bicyclic) bond motifs is 3. The Morgan fingerprint density at radius 1 is 1.11 bits per heavy atom. The Morgan fingerprint density at radius 2 is 1.93 bits per heavy atom. The zero-order chi connectivity index (χ0) is 19.3. The van der Waals surface area contributed by atoms with Crippen molar-refractivity contribution in [2.45, 2.75) is 70.0 Å². The maximum Gasteiger partial charge on any atom is 0.255 e. The van der Waals surface area contributed by atoms with E-state index in [0.717, 1.165) is 43.4 Å². The highest BCUT2D eigenvalue weighted by atomic mass is 16.2. The Labute approximate surface area is 167 Å². The standard InChI is InChI=1S/C23H31N3O2/c1-14-6-2-4-8-19(14)24-21(27)18-12-16-11-10-15(18)13-23(16)25-20-9-5-3-7-17(20)22(28)26-23/h3,5,7,9,14-16,18-19,25H,2,4,6,8,10-13H2,1H3,(H,24,27)(H,26,28)/t14-,15+,16-,18+,19-,23-/m1/s1. The summed E-state index contributed by atoms with van der Waals surface area (Å²) < 4.78 is 0. The average molecular weight is 382 g/mol. The van der Waals surface area contributed by atoms with Crippen molar-refractivity contribution in [1.29, 1.82) is 0 Å². The summed E-state index contributed by atoms with van der Waals surface area (Å²) in [7, 11) is 0. The highest BCUT2D eigenvalue weighted by Crippen LogP contribution is 2.51. The predicted molar refractivity (Wildman–Crippen MR) is 109 cm³/mol. The van der Waals surface area contributed by atoms with Gasteiger partial charge in [0.05, 0.1) is 5.56 Å². The van der Waals surface area contributed by atoms with Crippen molar-refractivity contribution in [2.75, 3.05) is 5.32 Å². The molecule has 2 bridgehead atoms. The third kappa shape index (κ3) is 2.90. The van der Waals surface area contributed by atoms with Crippen LogP contribution in [0.25, 0.3) is 0 Å². The van der Waals surface area contributed by atoms with E-state index in [9.17, 15) is 9.59 Å². The minimum atomic E-state index is -0.386. The predicted octanol–water partition coefficient (Wildman–Crippen LogP) is 3.67. The van der Waals surface area contributed by atoms with Crippen LogP contribution in [0.1, 0.15) is 68.6 Å². The molecule has 0 saturated heterocycles. The molecule has 1 heterocycles. The van der Waals surface area contributed by atoms with Crippen LogP contribution in [0.4, 0.5) is 5.69 Å². The van der Waals surface area contributed by atoms with E-state index < -0.39 is 0 Å². The molecule has 4 saturated carbocycles. The molecule has 5 nitrogen and oxygen atoms in total. The summed E-state index contributed by atoms with van der Waals surface area (Å²) in [6.07, 6.45) is 8.73. The van der Waals surface area contributed by atoms with Gasteiger partial charge in [0.1, 0.15) is 5.66 Å². The Bertz CT molecular complexity index is 794. The van der Waals surface area contributed by atoms with Gasteiger partial charge >= 0.3 is 0 Å². The lowest BCUT2D eigenvalue weighted by atomic mass is 9.58. The van der Waals surface area contributed by atoms with Gasteiger partial charge in [0.25, 0.3) is 5.91 Å². The molecule has 0 unspecified atom stereocenters. The molecule has 28 heavy (non-hydrogen) atoms. The van der Waals surface area contributed by atoms with Gasteiger partial charge in [-0.3, -0.25) is 9.59 Å². The van der Waals surface area contributed by atoms with Crippen LogP contribution in [-0.2, 0) is 4.79 Å². The normalized spacial score (nSPS) is 39.0. The number of amides is 2. The van der Waals surface area contributed by atoms with Crippen molar-refractivity contribution in [3.8, 4) is 0 Å². The molecule has 6 rings (SSSR count). The zero-order valence-electron chi connectivity index (χ0n) is 16.7. The smallest absolute Gasteiger partial charge is 0.255 e. The fourth-order valence-electron chi connectivity index (χ4n) is 6.28. The lowest BCUT2D eigenvalue weighted by molar-refractivity contribution is -0.133. The number of carbonyl (C=O) groups excluding carboxylic acids is 2. The largest absolute Gasteiger partial charge is 0.362 e. The number of benzene rings is 1. The highest BCUT2D eigenvalue weighted by Gasteiger charge is 2.55. The number of hydrogen-bond acceptors (Lipinski definition) is 3. The van der Waals surface area contributed by atoms with Crippen molar-refractivity contribution < 1.29 is 9.59 Å². The molecule has 1 aliphatic heterocycles. The number of carbonyl (C=O) groups is 2. The van der Waals surface area contributed by atoms with Crippen LogP contribution in [0, 0.1) is 23.7 Å². The summed E-state index contributed by atoms with van der Waals surface area (Å²) in [6.45, 7) is 2.27. The molecule has 4 fully saturated rings. The Balaban J connectivity index is 1.32. The molecule has 0 radical (unpaired) electrons. The minimum absolute atomic E-state index is 0.0129. The van der Waals surface area contributed by atoms with Crippen molar-refractivity contribution in [3.63, 3.8) is 0 Å². The fourth-order valence-corrected chi connectivity index (χ4v) is 6.28. The molecule has 1 aromatic rings. The topological polar surface area (TPSA) is 70.2 Å². The van der Waals surface area contributed by atoms with Gasteiger partial charge in [-0.1, -0.05) is 31.9 Å². The van der Waals surface area contributed by atoms with E-state index in [1.165, 1.54) is 19.3 Å². The van der Waals surface area contributed by atoms with Gasteiger partial charge in [-0.25, -0.2) is 0 Å². The number of anilines is 1. The lowest BCUT2D eigenvalue weighted by Crippen LogP contribution is -2.68. The van der Waals surface area contributed by atoms with Gasteiger partial charge in [0, 0.05) is 23.6 Å². The van der Waals surface area contributed by atoms with E-state index in [1.54, 1.807) is 0 Å². The van der Waals surface area contributed by atoms with E-state index >= 15 is 0 Å². The van der Waals surface area contributed by atoms with Crippen molar-refractivity contribution >= 4 is 17.5 Å². The van der Waals surface area contributed by atoms with Gasteiger partial charge in [-0.15, -0.1) is 0 Å². The van der Waals surface area contributed by atoms with Crippen LogP contribution in [0.15, 0.2) is 24.3 Å². The van der Waals surface area contributed by atoms with Crippen molar-refractivity contribution in [1.82, 2.24) is 10.6 Å². The summed E-state index contributed by atoms with van der Waals surface area (Å²) in [5, 5.41) is 10.3. The average Bonchev–Trinajstić information content (AvgIpc) is 2.70. The first-order valence-corrected chi connectivity index (χ1v) is 11.1. The van der Waals surface area contributed by atoms with Gasteiger partial charge in [0.15, 0.2) is 0 Å². The monoisotopic (exact) mass is 381 g/mol. The maximum atomic E-state index is 13.1. The summed E-state index contributed by atoms with van der Waals surface area (Å²) in [5.74, 6) is 1.58. The Kier molecular flexibility index (Phi) is 4.37. The molecular weight excluding hydrogens is 350 g/mol. The van der Waals surface area contributed by atoms with Crippen LogP contribution in [0.3, 0.4) is 0 Å². The SMILES string of the molecule is C[C@@H]1CCCC[C@H]1NC(=O)[C@H]1C[C@H]2CC[C@H]1C[C@@]21NC(=O)c2ccccc2N1. The number of hydrogen-bond donors (Lipinski definition) is 3. The maximum absolute atomic E-state index is 13.1. The second-order valence-corrected chi connectivity index (χ2v) is 9.55. The first-order chi connectivity index (χ1) is 13.6. The summed E-state index contributed by atoms with van der Waals surface area (Å²) in [5.41, 5.74) is 1.26. The first-order valence-electron chi connectivity index (χ1n) is 11.1. The molecule has 5 aliphatic rings. The summed E-state index contributed by atoms with van der Waals surface area (Å²) in [4.78, 5) is 25.8. The van der Waals surface area contributed by atoms with Crippen LogP contribution in [0.2, 0.25) is 0 Å². The van der Waals surface area contributed by atoms with Gasteiger partial charge in [-0.2, -0.15) is 0 Å². The molecular formula is C23H31N3O2. The summed E-state index contributed by atoms with van der Waals surface area (Å²) in [6, 6.07) is 8.08. The Morgan fingerprint density at radius 3 is 2.71 bits per heavy atom. The summed E-state index contributed by atoms with van der Waals surface area (Å²) >= 11 is 0. The number of para-hydroxylation sites is 1. The van der Waals surface area contributed by atoms with E-state index in [4.69, 9.17) is 0 Å².